The van der Waals surface area contributed by atoms with Crippen LogP contribution in [0.5, 0.6) is 0 Å². The van der Waals surface area contributed by atoms with Gasteiger partial charge in [0.2, 0.25) is 0 Å². The van der Waals surface area contributed by atoms with E-state index < -0.39 is 6.10 Å². The van der Waals surface area contributed by atoms with Crippen molar-refractivity contribution < 1.29 is 5.11 Å². The Labute approximate surface area is 123 Å². The molecule has 104 valence electrons. The Morgan fingerprint density at radius 1 is 1.32 bits per heavy atom. The van der Waals surface area contributed by atoms with Crippen LogP contribution >= 0.6 is 15.9 Å². The average molecular weight is 325 g/mol. The number of hydrogen-bond donors (Lipinski definition) is 1. The average Bonchev–Trinajstić information content (AvgIpc) is 2.85. The Bertz CT molecular complexity index is 463. The van der Waals surface area contributed by atoms with E-state index in [0.29, 0.717) is 0 Å². The van der Waals surface area contributed by atoms with Gasteiger partial charge in [-0.3, -0.25) is 4.90 Å². The number of benzene rings is 1. The summed E-state index contributed by atoms with van der Waals surface area (Å²) in [6.45, 7) is 6.49. The Balaban J connectivity index is 1.78. The van der Waals surface area contributed by atoms with E-state index in [1.807, 2.05) is 12.1 Å². The van der Waals surface area contributed by atoms with Gasteiger partial charge in [0.25, 0.3) is 0 Å². The zero-order valence-corrected chi connectivity index (χ0v) is 12.9. The van der Waals surface area contributed by atoms with Gasteiger partial charge < -0.3 is 10.0 Å². The highest BCUT2D eigenvalue weighted by Crippen LogP contribution is 2.32. The first-order valence-corrected chi connectivity index (χ1v) is 7.91. The van der Waals surface area contributed by atoms with Gasteiger partial charge in [-0.05, 0) is 59.9 Å². The van der Waals surface area contributed by atoms with E-state index in [9.17, 15) is 5.11 Å². The summed E-state index contributed by atoms with van der Waals surface area (Å²) in [6, 6.07) is 6.95. The molecule has 1 aromatic carbocycles. The SMILES string of the molecule is CC(O)c1ccc(N2CCN3CCCC3C2)c(Br)c1. The van der Waals surface area contributed by atoms with Crippen LogP contribution in [0.3, 0.4) is 0 Å². The van der Waals surface area contributed by atoms with Crippen molar-refractivity contribution in [2.24, 2.45) is 0 Å². The Kier molecular flexibility index (Phi) is 3.83. The van der Waals surface area contributed by atoms with E-state index in [-0.39, 0.29) is 0 Å². The van der Waals surface area contributed by atoms with Gasteiger partial charge in [0.15, 0.2) is 0 Å². The predicted octanol–water partition coefficient (Wildman–Crippen LogP) is 2.79. The molecule has 0 aromatic heterocycles. The summed E-state index contributed by atoms with van der Waals surface area (Å²) in [5, 5.41) is 9.63. The zero-order chi connectivity index (χ0) is 13.4. The first-order chi connectivity index (χ1) is 9.15. The first-order valence-electron chi connectivity index (χ1n) is 7.11. The summed E-state index contributed by atoms with van der Waals surface area (Å²) < 4.78 is 1.09. The number of aliphatic hydroxyl groups is 1. The molecule has 0 amide bonds. The van der Waals surface area contributed by atoms with E-state index in [4.69, 9.17) is 0 Å². The van der Waals surface area contributed by atoms with E-state index >= 15 is 0 Å². The van der Waals surface area contributed by atoms with Crippen molar-refractivity contribution in [2.75, 3.05) is 31.1 Å². The number of hydrogen-bond acceptors (Lipinski definition) is 3. The van der Waals surface area contributed by atoms with Gasteiger partial charge in [-0.15, -0.1) is 0 Å². The molecule has 0 aliphatic carbocycles. The molecule has 0 spiro atoms. The van der Waals surface area contributed by atoms with Gasteiger partial charge in [-0.25, -0.2) is 0 Å². The third-order valence-electron chi connectivity index (χ3n) is 4.38. The third-order valence-corrected chi connectivity index (χ3v) is 5.02. The second kappa shape index (κ2) is 5.43. The molecular weight excluding hydrogens is 304 g/mol. The minimum Gasteiger partial charge on any atom is -0.389 e. The molecule has 0 saturated carbocycles. The quantitative estimate of drug-likeness (QED) is 0.906. The van der Waals surface area contributed by atoms with Crippen LogP contribution in [0, 0.1) is 0 Å². The molecule has 3 rings (SSSR count). The number of aliphatic hydroxyl groups excluding tert-OH is 1. The Hall–Kier alpha value is -0.580. The van der Waals surface area contributed by atoms with Crippen molar-refractivity contribution in [2.45, 2.75) is 31.9 Å². The highest BCUT2D eigenvalue weighted by atomic mass is 79.9. The van der Waals surface area contributed by atoms with Gasteiger partial charge in [0.1, 0.15) is 0 Å². The fraction of sp³-hybridized carbons (Fsp3) is 0.600. The molecule has 4 heteroatoms. The topological polar surface area (TPSA) is 26.7 Å². The van der Waals surface area contributed by atoms with Crippen molar-refractivity contribution >= 4 is 21.6 Å². The maximum absolute atomic E-state index is 9.63. The molecular formula is C15H21BrN2O. The predicted molar refractivity (Wildman–Crippen MR) is 81.6 cm³/mol. The summed E-state index contributed by atoms with van der Waals surface area (Å²) in [4.78, 5) is 5.09. The Morgan fingerprint density at radius 2 is 2.16 bits per heavy atom. The Morgan fingerprint density at radius 3 is 2.89 bits per heavy atom. The van der Waals surface area contributed by atoms with Crippen molar-refractivity contribution in [3.63, 3.8) is 0 Å². The van der Waals surface area contributed by atoms with Crippen LogP contribution in [0.15, 0.2) is 22.7 Å². The summed E-state index contributed by atoms with van der Waals surface area (Å²) >= 11 is 3.66. The molecule has 19 heavy (non-hydrogen) atoms. The normalized spacial score (nSPS) is 25.4. The lowest BCUT2D eigenvalue weighted by Crippen LogP contribution is -2.50. The van der Waals surface area contributed by atoms with Crippen molar-refractivity contribution in [1.82, 2.24) is 4.90 Å². The number of fused-ring (bicyclic) bond motifs is 1. The fourth-order valence-corrected chi connectivity index (χ4v) is 3.90. The standard InChI is InChI=1S/C15H21BrN2O/c1-11(19)12-4-5-15(14(16)9-12)18-8-7-17-6-2-3-13(17)10-18/h4-5,9,11,13,19H,2-3,6-8,10H2,1H3. The lowest BCUT2D eigenvalue weighted by atomic mass is 10.1. The third kappa shape index (κ3) is 2.67. The van der Waals surface area contributed by atoms with Gasteiger partial charge in [-0.1, -0.05) is 6.07 Å². The van der Waals surface area contributed by atoms with Gasteiger partial charge >= 0.3 is 0 Å². The highest BCUT2D eigenvalue weighted by molar-refractivity contribution is 9.10. The molecule has 2 atom stereocenters. The number of rotatable bonds is 2. The van der Waals surface area contributed by atoms with Crippen molar-refractivity contribution in [3.05, 3.63) is 28.2 Å². The molecule has 3 nitrogen and oxygen atoms in total. The molecule has 2 aliphatic rings. The summed E-state index contributed by atoms with van der Waals surface area (Å²) in [5.74, 6) is 0. The van der Waals surface area contributed by atoms with Crippen molar-refractivity contribution in [3.8, 4) is 0 Å². The molecule has 2 aliphatic heterocycles. The number of piperazine rings is 1. The van der Waals surface area contributed by atoms with Crippen LogP contribution in [0.4, 0.5) is 5.69 Å². The second-order valence-electron chi connectivity index (χ2n) is 5.66. The fourth-order valence-electron chi connectivity index (χ4n) is 3.25. The molecule has 2 saturated heterocycles. The second-order valence-corrected chi connectivity index (χ2v) is 6.52. The maximum atomic E-state index is 9.63. The molecule has 2 fully saturated rings. The lowest BCUT2D eigenvalue weighted by Gasteiger charge is -2.39. The van der Waals surface area contributed by atoms with Gasteiger partial charge in [0, 0.05) is 30.1 Å². The van der Waals surface area contributed by atoms with Crippen molar-refractivity contribution in [1.29, 1.82) is 0 Å². The molecule has 1 N–H and O–H groups in total. The monoisotopic (exact) mass is 324 g/mol. The lowest BCUT2D eigenvalue weighted by molar-refractivity contribution is 0.199. The minimum atomic E-state index is -0.406. The summed E-state index contributed by atoms with van der Waals surface area (Å²) in [6.07, 6.45) is 2.28. The van der Waals surface area contributed by atoms with Crippen LogP contribution in [0.2, 0.25) is 0 Å². The zero-order valence-electron chi connectivity index (χ0n) is 11.3. The molecule has 0 radical (unpaired) electrons. The van der Waals surface area contributed by atoms with E-state index in [2.05, 4.69) is 31.8 Å². The number of anilines is 1. The maximum Gasteiger partial charge on any atom is 0.0762 e. The largest absolute Gasteiger partial charge is 0.389 e. The van der Waals surface area contributed by atoms with E-state index in [1.165, 1.54) is 31.6 Å². The smallest absolute Gasteiger partial charge is 0.0762 e. The number of halogens is 1. The van der Waals surface area contributed by atoms with Gasteiger partial charge in [-0.2, -0.15) is 0 Å². The van der Waals surface area contributed by atoms with Crippen LogP contribution in [0.1, 0.15) is 31.4 Å². The summed E-state index contributed by atoms with van der Waals surface area (Å²) in [5.41, 5.74) is 2.23. The summed E-state index contributed by atoms with van der Waals surface area (Å²) in [7, 11) is 0. The van der Waals surface area contributed by atoms with Crippen LogP contribution in [-0.2, 0) is 0 Å². The minimum absolute atomic E-state index is 0.406. The van der Waals surface area contributed by atoms with Gasteiger partial charge in [0.05, 0.1) is 11.8 Å². The molecule has 2 unspecified atom stereocenters. The highest BCUT2D eigenvalue weighted by Gasteiger charge is 2.31. The van der Waals surface area contributed by atoms with Crippen LogP contribution < -0.4 is 4.90 Å². The van der Waals surface area contributed by atoms with Crippen LogP contribution in [0.25, 0.3) is 0 Å². The van der Waals surface area contributed by atoms with E-state index in [1.54, 1.807) is 6.92 Å². The first kappa shape index (κ1) is 13.4. The molecule has 1 aromatic rings. The van der Waals surface area contributed by atoms with E-state index in [0.717, 1.165) is 29.2 Å². The molecule has 0 bridgehead atoms. The van der Waals surface area contributed by atoms with Crippen LogP contribution in [-0.4, -0.2) is 42.2 Å². The molecule has 2 heterocycles. The number of nitrogens with zero attached hydrogens (tertiary/aromatic N) is 2.